The third-order valence-corrected chi connectivity index (χ3v) is 4.23. The molecule has 3 aromatic rings. The molecule has 1 amide bonds. The van der Waals surface area contributed by atoms with Crippen molar-refractivity contribution in [1.82, 2.24) is 4.98 Å². The van der Waals surface area contributed by atoms with E-state index < -0.39 is 0 Å². The predicted octanol–water partition coefficient (Wildman–Crippen LogP) is 4.07. The zero-order valence-corrected chi connectivity index (χ0v) is 15.3. The quantitative estimate of drug-likeness (QED) is 0.727. The highest BCUT2D eigenvalue weighted by atomic mass is 16.5. The minimum atomic E-state index is -0.249. The monoisotopic (exact) mass is 376 g/mol. The van der Waals surface area contributed by atoms with Crippen LogP contribution in [0, 0.1) is 0 Å². The molecule has 0 spiro atoms. The Balaban J connectivity index is 1.43. The summed E-state index contributed by atoms with van der Waals surface area (Å²) in [5.41, 5.74) is 2.13. The molecule has 4 rings (SSSR count). The van der Waals surface area contributed by atoms with Crippen LogP contribution >= 0.6 is 0 Å². The van der Waals surface area contributed by atoms with Crippen molar-refractivity contribution in [2.24, 2.45) is 0 Å². The SMILES string of the molecule is O=C(Nc1ccc2c(c1)OCCCO2)c1ccnc(OCc2ccccc2)c1. The number of aromatic nitrogens is 1. The van der Waals surface area contributed by atoms with E-state index in [0.717, 1.165) is 12.0 Å². The van der Waals surface area contributed by atoms with Crippen LogP contribution in [0.5, 0.6) is 17.4 Å². The number of anilines is 1. The molecule has 1 aliphatic rings. The molecule has 0 saturated carbocycles. The van der Waals surface area contributed by atoms with Crippen LogP contribution in [0.3, 0.4) is 0 Å². The average Bonchev–Trinajstić information content (AvgIpc) is 2.98. The Kier molecular flexibility index (Phi) is 5.38. The highest BCUT2D eigenvalue weighted by Gasteiger charge is 2.13. The van der Waals surface area contributed by atoms with Gasteiger partial charge >= 0.3 is 0 Å². The smallest absolute Gasteiger partial charge is 0.255 e. The van der Waals surface area contributed by atoms with Crippen molar-refractivity contribution in [2.75, 3.05) is 18.5 Å². The molecular formula is C22H20N2O4. The fourth-order valence-electron chi connectivity index (χ4n) is 2.81. The second-order valence-electron chi connectivity index (χ2n) is 6.32. The predicted molar refractivity (Wildman–Crippen MR) is 105 cm³/mol. The van der Waals surface area contributed by atoms with Crippen molar-refractivity contribution in [3.63, 3.8) is 0 Å². The molecule has 28 heavy (non-hydrogen) atoms. The second-order valence-corrected chi connectivity index (χ2v) is 6.32. The summed E-state index contributed by atoms with van der Waals surface area (Å²) in [6.07, 6.45) is 2.39. The van der Waals surface area contributed by atoms with Gasteiger partial charge in [0, 0.05) is 36.0 Å². The van der Waals surface area contributed by atoms with Crippen LogP contribution in [-0.2, 0) is 6.61 Å². The van der Waals surface area contributed by atoms with Gasteiger partial charge in [0.2, 0.25) is 5.88 Å². The van der Waals surface area contributed by atoms with Crippen LogP contribution in [-0.4, -0.2) is 24.1 Å². The zero-order chi connectivity index (χ0) is 19.2. The summed E-state index contributed by atoms with van der Waals surface area (Å²) in [5.74, 6) is 1.48. The number of hydrogen-bond acceptors (Lipinski definition) is 5. The number of fused-ring (bicyclic) bond motifs is 1. The van der Waals surface area contributed by atoms with E-state index in [2.05, 4.69) is 10.3 Å². The van der Waals surface area contributed by atoms with Crippen LogP contribution in [0.4, 0.5) is 5.69 Å². The first-order valence-electron chi connectivity index (χ1n) is 9.12. The first kappa shape index (κ1) is 17.9. The molecule has 0 saturated heterocycles. The van der Waals surface area contributed by atoms with Gasteiger partial charge in [-0.2, -0.15) is 0 Å². The van der Waals surface area contributed by atoms with E-state index >= 15 is 0 Å². The first-order valence-corrected chi connectivity index (χ1v) is 9.12. The van der Waals surface area contributed by atoms with E-state index in [0.29, 0.717) is 48.5 Å². The molecule has 2 heterocycles. The Hall–Kier alpha value is -3.54. The van der Waals surface area contributed by atoms with Gasteiger partial charge in [-0.05, 0) is 23.8 Å². The molecule has 142 valence electrons. The number of rotatable bonds is 5. The Bertz CT molecular complexity index is 960. The zero-order valence-electron chi connectivity index (χ0n) is 15.3. The lowest BCUT2D eigenvalue weighted by Crippen LogP contribution is -2.12. The molecule has 6 heteroatoms. The lowest BCUT2D eigenvalue weighted by Gasteiger charge is -2.11. The largest absolute Gasteiger partial charge is 0.490 e. The van der Waals surface area contributed by atoms with Crippen LogP contribution in [0.2, 0.25) is 0 Å². The van der Waals surface area contributed by atoms with Crippen LogP contribution in [0.15, 0.2) is 66.9 Å². The van der Waals surface area contributed by atoms with Crippen molar-refractivity contribution in [3.05, 3.63) is 78.0 Å². The molecule has 1 aromatic heterocycles. The second kappa shape index (κ2) is 8.43. The van der Waals surface area contributed by atoms with Crippen molar-refractivity contribution in [2.45, 2.75) is 13.0 Å². The van der Waals surface area contributed by atoms with E-state index in [1.54, 1.807) is 36.5 Å². The van der Waals surface area contributed by atoms with Gasteiger partial charge in [-0.1, -0.05) is 30.3 Å². The minimum Gasteiger partial charge on any atom is -0.490 e. The normalized spacial score (nSPS) is 12.7. The topological polar surface area (TPSA) is 69.7 Å². The maximum atomic E-state index is 12.6. The number of hydrogen-bond donors (Lipinski definition) is 1. The molecule has 0 fully saturated rings. The van der Waals surface area contributed by atoms with Gasteiger partial charge in [-0.15, -0.1) is 0 Å². The van der Waals surface area contributed by atoms with Gasteiger partial charge in [-0.3, -0.25) is 4.79 Å². The molecule has 1 N–H and O–H groups in total. The number of benzene rings is 2. The van der Waals surface area contributed by atoms with E-state index in [9.17, 15) is 4.79 Å². The molecular weight excluding hydrogens is 356 g/mol. The highest BCUT2D eigenvalue weighted by molar-refractivity contribution is 6.04. The number of nitrogens with one attached hydrogen (secondary N) is 1. The Morgan fingerprint density at radius 1 is 1.00 bits per heavy atom. The standard InChI is InChI=1S/C22H20N2O4/c25-22(24-18-7-8-19-20(14-18)27-12-4-11-26-19)17-9-10-23-21(13-17)28-15-16-5-2-1-3-6-16/h1-3,5-10,13-14H,4,11-12,15H2,(H,24,25). The number of carbonyl (C=O) groups is 1. The minimum absolute atomic E-state index is 0.249. The number of nitrogens with zero attached hydrogens (tertiary/aromatic N) is 1. The average molecular weight is 376 g/mol. The number of amides is 1. The maximum absolute atomic E-state index is 12.6. The third kappa shape index (κ3) is 4.40. The highest BCUT2D eigenvalue weighted by Crippen LogP contribution is 2.32. The summed E-state index contributed by atoms with van der Waals surface area (Å²) in [4.78, 5) is 16.8. The fraction of sp³-hybridized carbons (Fsp3) is 0.182. The van der Waals surface area contributed by atoms with Gasteiger partial charge in [0.1, 0.15) is 6.61 Å². The molecule has 0 radical (unpaired) electrons. The molecule has 1 aliphatic heterocycles. The Morgan fingerprint density at radius 2 is 1.82 bits per heavy atom. The summed E-state index contributed by atoms with van der Waals surface area (Å²) >= 11 is 0. The van der Waals surface area contributed by atoms with Crippen molar-refractivity contribution in [1.29, 1.82) is 0 Å². The lowest BCUT2D eigenvalue weighted by molar-refractivity contribution is 0.102. The van der Waals surface area contributed by atoms with E-state index in [1.807, 2.05) is 30.3 Å². The third-order valence-electron chi connectivity index (χ3n) is 4.23. The molecule has 0 bridgehead atoms. The maximum Gasteiger partial charge on any atom is 0.255 e. The van der Waals surface area contributed by atoms with Crippen LogP contribution in [0.1, 0.15) is 22.3 Å². The molecule has 2 aromatic carbocycles. The summed E-state index contributed by atoms with van der Waals surface area (Å²) in [7, 11) is 0. The number of carbonyl (C=O) groups excluding carboxylic acids is 1. The molecule has 6 nitrogen and oxygen atoms in total. The van der Waals surface area contributed by atoms with E-state index in [4.69, 9.17) is 14.2 Å². The number of pyridine rings is 1. The Morgan fingerprint density at radius 3 is 2.68 bits per heavy atom. The van der Waals surface area contributed by atoms with Crippen molar-refractivity contribution < 1.29 is 19.0 Å². The van der Waals surface area contributed by atoms with Crippen molar-refractivity contribution in [3.8, 4) is 17.4 Å². The molecule has 0 aliphatic carbocycles. The van der Waals surface area contributed by atoms with Crippen LogP contribution in [0.25, 0.3) is 0 Å². The van der Waals surface area contributed by atoms with Gasteiger partial charge < -0.3 is 19.5 Å². The van der Waals surface area contributed by atoms with Gasteiger partial charge in [0.05, 0.1) is 13.2 Å². The Labute approximate surface area is 163 Å². The number of ether oxygens (including phenoxy) is 3. The van der Waals surface area contributed by atoms with E-state index in [-0.39, 0.29) is 5.91 Å². The summed E-state index contributed by atoms with van der Waals surface area (Å²) in [6, 6.07) is 18.4. The van der Waals surface area contributed by atoms with Gasteiger partial charge in [0.15, 0.2) is 11.5 Å². The summed E-state index contributed by atoms with van der Waals surface area (Å²) < 4.78 is 17.0. The van der Waals surface area contributed by atoms with E-state index in [1.165, 1.54) is 0 Å². The first-order chi connectivity index (χ1) is 13.8. The lowest BCUT2D eigenvalue weighted by atomic mass is 10.2. The van der Waals surface area contributed by atoms with Crippen LogP contribution < -0.4 is 19.5 Å². The van der Waals surface area contributed by atoms with Gasteiger partial charge in [0.25, 0.3) is 5.91 Å². The molecule has 0 atom stereocenters. The van der Waals surface area contributed by atoms with Gasteiger partial charge in [-0.25, -0.2) is 4.98 Å². The summed E-state index contributed by atoms with van der Waals surface area (Å²) in [5, 5.41) is 2.87. The van der Waals surface area contributed by atoms with Crippen molar-refractivity contribution >= 4 is 11.6 Å². The summed E-state index contributed by atoms with van der Waals surface area (Å²) in [6.45, 7) is 1.61. The molecule has 0 unspecified atom stereocenters. The fourth-order valence-corrected chi connectivity index (χ4v) is 2.81.